The van der Waals surface area contributed by atoms with Gasteiger partial charge in [0.25, 0.3) is 0 Å². The topological polar surface area (TPSA) is 65.2 Å². The standard InChI is InChI=1S/C12H11FN2O2S/c1-6(16)11-12(15-7(2)18-11)17-10-4-3-8(14)5-9(10)13/h3-5H,14H2,1-2H3. The highest BCUT2D eigenvalue weighted by atomic mass is 32.1. The van der Waals surface area contributed by atoms with Crippen molar-refractivity contribution >= 4 is 22.8 Å². The van der Waals surface area contributed by atoms with Crippen molar-refractivity contribution < 1.29 is 13.9 Å². The SMILES string of the molecule is CC(=O)c1sc(C)nc1Oc1ccc(N)cc1F. The fourth-order valence-corrected chi connectivity index (χ4v) is 2.15. The minimum Gasteiger partial charge on any atom is -0.434 e. The van der Waals surface area contributed by atoms with Crippen molar-refractivity contribution in [1.82, 2.24) is 4.98 Å². The van der Waals surface area contributed by atoms with Gasteiger partial charge >= 0.3 is 0 Å². The molecule has 0 aliphatic rings. The number of thiazole rings is 1. The molecule has 2 rings (SSSR count). The zero-order chi connectivity index (χ0) is 13.3. The zero-order valence-electron chi connectivity index (χ0n) is 9.86. The van der Waals surface area contributed by atoms with Gasteiger partial charge in [0.2, 0.25) is 5.88 Å². The molecule has 1 heterocycles. The van der Waals surface area contributed by atoms with E-state index in [2.05, 4.69) is 4.98 Å². The number of halogens is 1. The van der Waals surface area contributed by atoms with Crippen LogP contribution in [0, 0.1) is 12.7 Å². The van der Waals surface area contributed by atoms with Crippen molar-refractivity contribution in [3.8, 4) is 11.6 Å². The number of carbonyl (C=O) groups excluding carboxylic acids is 1. The molecule has 0 atom stereocenters. The summed E-state index contributed by atoms with van der Waals surface area (Å²) in [5.41, 5.74) is 5.75. The number of aryl methyl sites for hydroxylation is 1. The van der Waals surface area contributed by atoms with Gasteiger partial charge in [-0.2, -0.15) is 0 Å². The van der Waals surface area contributed by atoms with E-state index >= 15 is 0 Å². The molecule has 0 bridgehead atoms. The Kier molecular flexibility index (Phi) is 3.29. The number of rotatable bonds is 3. The number of anilines is 1. The molecular weight excluding hydrogens is 255 g/mol. The summed E-state index contributed by atoms with van der Waals surface area (Å²) in [6.07, 6.45) is 0. The van der Waals surface area contributed by atoms with E-state index in [1.165, 1.54) is 30.4 Å². The number of ketones is 1. The highest BCUT2D eigenvalue weighted by Crippen LogP contribution is 2.31. The van der Waals surface area contributed by atoms with Crippen LogP contribution in [0.5, 0.6) is 11.6 Å². The van der Waals surface area contributed by atoms with Crippen LogP contribution in [0.15, 0.2) is 18.2 Å². The third-order valence-electron chi connectivity index (χ3n) is 2.19. The van der Waals surface area contributed by atoms with E-state index in [1.807, 2.05) is 0 Å². The lowest BCUT2D eigenvalue weighted by molar-refractivity contribution is 0.101. The third kappa shape index (κ3) is 2.48. The van der Waals surface area contributed by atoms with Crippen LogP contribution in [-0.4, -0.2) is 10.8 Å². The molecule has 0 unspecified atom stereocenters. The molecule has 0 fully saturated rings. The van der Waals surface area contributed by atoms with Crippen LogP contribution in [-0.2, 0) is 0 Å². The lowest BCUT2D eigenvalue weighted by Gasteiger charge is -2.05. The van der Waals surface area contributed by atoms with Crippen LogP contribution in [0.3, 0.4) is 0 Å². The number of nitrogens with two attached hydrogens (primary N) is 1. The Morgan fingerprint density at radius 2 is 2.22 bits per heavy atom. The van der Waals surface area contributed by atoms with Gasteiger partial charge in [0.05, 0.1) is 5.01 Å². The number of Topliss-reactive ketones (excluding diaryl/α,β-unsaturated/α-hetero) is 1. The van der Waals surface area contributed by atoms with Gasteiger partial charge in [0.1, 0.15) is 4.88 Å². The Hall–Kier alpha value is -1.95. The van der Waals surface area contributed by atoms with E-state index in [0.29, 0.717) is 15.6 Å². The minimum absolute atomic E-state index is 0.00278. The largest absolute Gasteiger partial charge is 0.434 e. The van der Waals surface area contributed by atoms with Crippen molar-refractivity contribution in [1.29, 1.82) is 0 Å². The van der Waals surface area contributed by atoms with Crippen molar-refractivity contribution in [2.75, 3.05) is 5.73 Å². The Morgan fingerprint density at radius 1 is 1.50 bits per heavy atom. The van der Waals surface area contributed by atoms with Gasteiger partial charge in [-0.3, -0.25) is 4.79 Å². The van der Waals surface area contributed by atoms with Gasteiger partial charge in [-0.1, -0.05) is 0 Å². The third-order valence-corrected chi connectivity index (χ3v) is 3.24. The number of carbonyl (C=O) groups is 1. The molecule has 2 aromatic rings. The maximum absolute atomic E-state index is 13.6. The smallest absolute Gasteiger partial charge is 0.241 e. The maximum atomic E-state index is 13.6. The maximum Gasteiger partial charge on any atom is 0.241 e. The van der Waals surface area contributed by atoms with Crippen LogP contribution in [0.25, 0.3) is 0 Å². The minimum atomic E-state index is -0.588. The highest BCUT2D eigenvalue weighted by molar-refractivity contribution is 7.13. The van der Waals surface area contributed by atoms with E-state index in [1.54, 1.807) is 6.92 Å². The Balaban J connectivity index is 2.36. The van der Waals surface area contributed by atoms with E-state index in [-0.39, 0.29) is 17.4 Å². The van der Waals surface area contributed by atoms with E-state index in [0.717, 1.165) is 6.07 Å². The van der Waals surface area contributed by atoms with Crippen molar-refractivity contribution in [3.05, 3.63) is 33.9 Å². The average Bonchev–Trinajstić information content (AvgIpc) is 2.64. The molecule has 6 heteroatoms. The predicted octanol–water partition coefficient (Wildman–Crippen LogP) is 3.17. The van der Waals surface area contributed by atoms with Gasteiger partial charge in [-0.25, -0.2) is 9.37 Å². The first-order chi connectivity index (χ1) is 8.47. The molecule has 0 saturated carbocycles. The summed E-state index contributed by atoms with van der Waals surface area (Å²) < 4.78 is 18.9. The van der Waals surface area contributed by atoms with Crippen LogP contribution in [0.4, 0.5) is 10.1 Å². The molecule has 0 aliphatic heterocycles. The molecule has 94 valence electrons. The summed E-state index contributed by atoms with van der Waals surface area (Å²) in [7, 11) is 0. The number of benzene rings is 1. The Morgan fingerprint density at radius 3 is 2.83 bits per heavy atom. The van der Waals surface area contributed by atoms with Gasteiger partial charge in [0, 0.05) is 18.7 Å². The summed E-state index contributed by atoms with van der Waals surface area (Å²) in [6.45, 7) is 3.17. The van der Waals surface area contributed by atoms with Gasteiger partial charge in [0.15, 0.2) is 17.3 Å². The van der Waals surface area contributed by atoms with Crippen LogP contribution >= 0.6 is 11.3 Å². The molecule has 0 saturated heterocycles. The monoisotopic (exact) mass is 266 g/mol. The second-order valence-corrected chi connectivity index (χ2v) is 4.92. The van der Waals surface area contributed by atoms with Gasteiger partial charge in [-0.15, -0.1) is 11.3 Å². The first kappa shape index (κ1) is 12.5. The summed E-state index contributed by atoms with van der Waals surface area (Å²) in [5, 5.41) is 0.686. The molecule has 4 nitrogen and oxygen atoms in total. The average molecular weight is 266 g/mol. The summed E-state index contributed by atoms with van der Waals surface area (Å²) in [5.74, 6) is -0.618. The number of ether oxygens (including phenoxy) is 1. The molecular formula is C12H11FN2O2S. The second kappa shape index (κ2) is 4.73. The van der Waals surface area contributed by atoms with Gasteiger partial charge < -0.3 is 10.5 Å². The summed E-state index contributed by atoms with van der Waals surface area (Å²) in [4.78, 5) is 15.8. The Bertz CT molecular complexity index is 610. The Labute approximate surface area is 107 Å². The van der Waals surface area contributed by atoms with Crippen LogP contribution in [0.2, 0.25) is 0 Å². The zero-order valence-corrected chi connectivity index (χ0v) is 10.7. The fraction of sp³-hybridized carbons (Fsp3) is 0.167. The molecule has 1 aromatic heterocycles. The van der Waals surface area contributed by atoms with Crippen LogP contribution in [0.1, 0.15) is 21.6 Å². The summed E-state index contributed by atoms with van der Waals surface area (Å²) >= 11 is 1.22. The first-order valence-corrected chi connectivity index (χ1v) is 6.00. The molecule has 0 amide bonds. The summed E-state index contributed by atoms with van der Waals surface area (Å²) in [6, 6.07) is 4.08. The second-order valence-electron chi connectivity index (χ2n) is 3.72. The van der Waals surface area contributed by atoms with Crippen molar-refractivity contribution in [2.24, 2.45) is 0 Å². The molecule has 0 aliphatic carbocycles. The van der Waals surface area contributed by atoms with E-state index in [9.17, 15) is 9.18 Å². The van der Waals surface area contributed by atoms with E-state index < -0.39 is 5.82 Å². The number of nitrogen functional groups attached to an aromatic ring is 1. The van der Waals surface area contributed by atoms with Crippen LogP contribution < -0.4 is 10.5 Å². The van der Waals surface area contributed by atoms with Crippen molar-refractivity contribution in [3.63, 3.8) is 0 Å². The molecule has 0 radical (unpaired) electrons. The van der Waals surface area contributed by atoms with E-state index in [4.69, 9.17) is 10.5 Å². The lowest BCUT2D eigenvalue weighted by Crippen LogP contribution is -1.96. The molecule has 1 aromatic carbocycles. The quantitative estimate of drug-likeness (QED) is 0.684. The first-order valence-electron chi connectivity index (χ1n) is 5.18. The molecule has 2 N–H and O–H groups in total. The number of nitrogens with zero attached hydrogens (tertiary/aromatic N) is 1. The number of hydrogen-bond donors (Lipinski definition) is 1. The van der Waals surface area contributed by atoms with Gasteiger partial charge in [-0.05, 0) is 19.1 Å². The molecule has 18 heavy (non-hydrogen) atoms. The fourth-order valence-electron chi connectivity index (χ4n) is 1.40. The van der Waals surface area contributed by atoms with Crippen molar-refractivity contribution in [2.45, 2.75) is 13.8 Å². The normalized spacial score (nSPS) is 10.4. The predicted molar refractivity (Wildman–Crippen MR) is 67.7 cm³/mol. The molecule has 0 spiro atoms. The number of hydrogen-bond acceptors (Lipinski definition) is 5. The highest BCUT2D eigenvalue weighted by Gasteiger charge is 2.16. The lowest BCUT2D eigenvalue weighted by atomic mass is 10.3. The number of aromatic nitrogens is 1.